The Kier molecular flexibility index (Phi) is 6.69. The number of anilines is 1. The molecule has 3 aliphatic rings. The van der Waals surface area contributed by atoms with Crippen LogP contribution >= 0.6 is 23.1 Å². The number of carbonyl (C=O) groups excluding carboxylic acids is 3. The van der Waals surface area contributed by atoms with Crippen LogP contribution in [-0.4, -0.2) is 84.2 Å². The Labute approximate surface area is 222 Å². The molecule has 0 spiro atoms. The summed E-state index contributed by atoms with van der Waals surface area (Å²) < 4.78 is 1.41. The van der Waals surface area contributed by atoms with Crippen LogP contribution in [0.5, 0.6) is 0 Å². The molecule has 0 saturated carbocycles. The summed E-state index contributed by atoms with van der Waals surface area (Å²) in [6.45, 7) is 0.202. The number of tetrazole rings is 1. The van der Waals surface area contributed by atoms with Crippen LogP contribution < -0.4 is 40.4 Å². The quantitative estimate of drug-likeness (QED) is 0.168. The Bertz CT molecular complexity index is 1240. The van der Waals surface area contributed by atoms with Crippen molar-refractivity contribution in [2.75, 3.05) is 19.4 Å². The van der Waals surface area contributed by atoms with E-state index in [1.165, 1.54) is 21.6 Å². The van der Waals surface area contributed by atoms with Crippen LogP contribution in [-0.2, 0) is 26.3 Å². The molecule has 0 aromatic carbocycles. The van der Waals surface area contributed by atoms with Gasteiger partial charge in [-0.1, -0.05) is 16.9 Å². The summed E-state index contributed by atoms with van der Waals surface area (Å²) in [5.74, 6) is -2.82. The van der Waals surface area contributed by atoms with E-state index >= 15 is 0 Å². The van der Waals surface area contributed by atoms with E-state index in [1.807, 2.05) is 0 Å². The third-order valence-electron chi connectivity index (χ3n) is 5.74. The summed E-state index contributed by atoms with van der Waals surface area (Å²) in [6.07, 6.45) is 0.417. The third kappa shape index (κ3) is 3.69. The van der Waals surface area contributed by atoms with Crippen molar-refractivity contribution in [2.45, 2.75) is 23.7 Å². The van der Waals surface area contributed by atoms with Gasteiger partial charge in [0.1, 0.15) is 18.8 Å². The Morgan fingerprint density at radius 1 is 1.41 bits per heavy atom. The number of β-lactam (4-membered cyclic amide) rings is 1. The number of thiazole rings is 1. The topological polar surface area (TPSA) is 185 Å². The van der Waals surface area contributed by atoms with Crippen molar-refractivity contribution in [1.29, 1.82) is 0 Å². The van der Waals surface area contributed by atoms with Crippen molar-refractivity contribution in [3.8, 4) is 0 Å². The Morgan fingerprint density at radius 3 is 2.76 bits per heavy atom. The minimum atomic E-state index is -1.47. The Balaban J connectivity index is 0.00000274. The Hall–Kier alpha value is -2.53. The maximum absolute atomic E-state index is 13.4. The van der Waals surface area contributed by atoms with Gasteiger partial charge in [0.2, 0.25) is 5.16 Å². The summed E-state index contributed by atoms with van der Waals surface area (Å²) >= 11 is 2.23. The second kappa shape index (κ2) is 9.26. The number of hydrogen-bond acceptors (Lipinski definition) is 13. The van der Waals surface area contributed by atoms with Crippen molar-refractivity contribution < 1.29 is 53.9 Å². The minimum Gasteiger partial charge on any atom is -0.543 e. The largest absolute Gasteiger partial charge is 1.00 e. The fraction of sp³-hybridized carbons (Fsp3) is 0.412. The van der Waals surface area contributed by atoms with Gasteiger partial charge in [-0.05, 0) is 16.8 Å². The van der Waals surface area contributed by atoms with Gasteiger partial charge in [0.05, 0.1) is 17.7 Å². The average Bonchev–Trinajstić information content (AvgIpc) is 3.48. The first-order valence-corrected chi connectivity index (χ1v) is 11.3. The third-order valence-corrected chi connectivity index (χ3v) is 7.66. The number of carboxylic acid groups (broad SMARTS) is 1. The maximum atomic E-state index is 13.4. The van der Waals surface area contributed by atoms with E-state index in [2.05, 4.69) is 25.7 Å². The molecule has 14 nitrogen and oxygen atoms in total. The number of likely N-dealkylation sites (tertiary alicyclic amines) is 1. The van der Waals surface area contributed by atoms with Crippen LogP contribution in [0.3, 0.4) is 0 Å². The van der Waals surface area contributed by atoms with Crippen LogP contribution in [0.4, 0.5) is 5.13 Å². The number of carbonyl (C=O) groups is 3. The van der Waals surface area contributed by atoms with Gasteiger partial charge in [0.25, 0.3) is 11.8 Å². The molecular weight excluding hydrogens is 497 g/mol. The second-order valence-electron chi connectivity index (χ2n) is 7.42. The molecule has 0 radical (unpaired) electrons. The molecule has 2 aromatic rings. The number of nitrogens with two attached hydrogens (primary N) is 1. The van der Waals surface area contributed by atoms with Gasteiger partial charge < -0.3 is 30.3 Å². The molecule has 3 aliphatic heterocycles. The molecule has 2 N–H and O–H groups in total. The molecule has 34 heavy (non-hydrogen) atoms. The minimum absolute atomic E-state index is 0. The van der Waals surface area contributed by atoms with Gasteiger partial charge in [-0.25, -0.2) is 9.67 Å². The molecule has 0 bridgehead atoms. The van der Waals surface area contributed by atoms with Crippen molar-refractivity contribution in [3.05, 3.63) is 21.7 Å². The normalized spacial score (nSPS) is 23.4. The van der Waals surface area contributed by atoms with Crippen LogP contribution in [0.1, 0.15) is 12.1 Å². The van der Waals surface area contributed by atoms with E-state index in [0.29, 0.717) is 16.5 Å². The number of carboxylic acids is 1. The van der Waals surface area contributed by atoms with E-state index in [0.717, 1.165) is 23.1 Å². The average molecular weight is 513 g/mol. The standard InChI is InChI=1S/C17H17N9O5S2.Na/c1-24-17(20-22-23-24)33-12-6-3-4-25(10-9(6)26(14(10)28)11(12)15(29)30)13(27)8(21-31-2)7-5-32-16(18)19-7;/h5-6,9-10H,3-4H2,1-2H3,(H2,18,19)(H,29,30);/q;+1/p-1/b21-8-;/t6?,9-,10+;/m1./s1. The second-order valence-corrected chi connectivity index (χ2v) is 9.32. The van der Waals surface area contributed by atoms with Crippen LogP contribution in [0.2, 0.25) is 0 Å². The van der Waals surface area contributed by atoms with Gasteiger partial charge >= 0.3 is 29.6 Å². The predicted molar refractivity (Wildman–Crippen MR) is 111 cm³/mol. The van der Waals surface area contributed by atoms with E-state index in [1.54, 1.807) is 12.4 Å². The molecule has 1 unspecified atom stereocenters. The van der Waals surface area contributed by atoms with Crippen LogP contribution in [0.15, 0.2) is 26.3 Å². The predicted octanol–water partition coefficient (Wildman–Crippen LogP) is -5.20. The summed E-state index contributed by atoms with van der Waals surface area (Å²) in [6, 6.07) is -1.38. The fourth-order valence-corrected chi connectivity index (χ4v) is 6.09. The number of aliphatic carboxylic acids is 1. The molecule has 2 amide bonds. The summed E-state index contributed by atoms with van der Waals surface area (Å²) in [5.41, 5.74) is 5.64. The SMILES string of the molecule is CO/N=C(\C(=O)N1CCC2C(Sc3nnnn3C)=C(C(=O)[O-])N3C(=O)[C@@H]1[C@@H]23)c1csc(N)n1.[Na+]. The monoisotopic (exact) mass is 513 g/mol. The zero-order valence-corrected chi connectivity index (χ0v) is 21.9. The van der Waals surface area contributed by atoms with E-state index in [-0.39, 0.29) is 64.3 Å². The van der Waals surface area contributed by atoms with Crippen molar-refractivity contribution in [2.24, 2.45) is 18.1 Å². The van der Waals surface area contributed by atoms with Gasteiger partial charge in [-0.15, -0.1) is 16.4 Å². The molecule has 2 saturated heterocycles. The molecule has 5 rings (SSSR count). The smallest absolute Gasteiger partial charge is 0.543 e. The number of oxime groups is 1. The molecule has 172 valence electrons. The van der Waals surface area contributed by atoms with Gasteiger partial charge in [0.15, 0.2) is 10.8 Å². The number of aryl methyl sites for hydroxylation is 1. The van der Waals surface area contributed by atoms with Gasteiger partial charge in [-0.3, -0.25) is 9.59 Å². The number of nitrogens with zero attached hydrogens (tertiary/aromatic N) is 8. The van der Waals surface area contributed by atoms with Gasteiger partial charge in [0, 0.05) is 29.8 Å². The first kappa shape index (κ1) is 24.6. The zero-order chi connectivity index (χ0) is 23.4. The van der Waals surface area contributed by atoms with Crippen molar-refractivity contribution in [1.82, 2.24) is 35.0 Å². The number of amides is 2. The van der Waals surface area contributed by atoms with E-state index in [4.69, 9.17) is 10.6 Å². The molecule has 2 fully saturated rings. The number of rotatable bonds is 6. The van der Waals surface area contributed by atoms with E-state index in [9.17, 15) is 19.5 Å². The van der Waals surface area contributed by atoms with Crippen LogP contribution in [0, 0.1) is 5.92 Å². The summed E-state index contributed by atoms with van der Waals surface area (Å²) in [5, 5.41) is 29.2. The number of nitrogen functional groups attached to an aromatic ring is 1. The van der Waals surface area contributed by atoms with Crippen molar-refractivity contribution >= 4 is 51.7 Å². The van der Waals surface area contributed by atoms with E-state index < -0.39 is 29.9 Å². The zero-order valence-electron chi connectivity index (χ0n) is 18.2. The maximum Gasteiger partial charge on any atom is 1.00 e. The fourth-order valence-electron chi connectivity index (χ4n) is 4.42. The summed E-state index contributed by atoms with van der Waals surface area (Å²) in [4.78, 5) is 50.3. The number of thioether (sulfide) groups is 1. The number of piperidine rings is 1. The molecule has 2 aromatic heterocycles. The van der Waals surface area contributed by atoms with Crippen LogP contribution in [0.25, 0.3) is 0 Å². The van der Waals surface area contributed by atoms with Crippen molar-refractivity contribution in [3.63, 3.8) is 0 Å². The number of aromatic nitrogens is 5. The molecule has 5 heterocycles. The molecule has 0 aliphatic carbocycles. The molecular formula is C17H16N9NaO5S2. The Morgan fingerprint density at radius 2 is 2.18 bits per heavy atom. The van der Waals surface area contributed by atoms with Gasteiger partial charge in [-0.2, -0.15) is 0 Å². The number of hydrogen-bond donors (Lipinski definition) is 1. The molecule has 17 heteroatoms. The molecule has 3 atom stereocenters. The summed E-state index contributed by atoms with van der Waals surface area (Å²) in [7, 11) is 2.92. The first-order chi connectivity index (χ1) is 15.8. The first-order valence-electron chi connectivity index (χ1n) is 9.65.